The SMILES string of the molecule is CCOC(=O)c1cc2cccc(OC)n2c1. The Hall–Kier alpha value is -1.97. The van der Waals surface area contributed by atoms with Crippen LogP contribution in [-0.2, 0) is 4.74 Å². The molecular weight excluding hydrogens is 206 g/mol. The number of hydrogen-bond acceptors (Lipinski definition) is 3. The van der Waals surface area contributed by atoms with E-state index in [4.69, 9.17) is 9.47 Å². The van der Waals surface area contributed by atoms with E-state index >= 15 is 0 Å². The van der Waals surface area contributed by atoms with Crippen LogP contribution < -0.4 is 4.74 Å². The van der Waals surface area contributed by atoms with Crippen LogP contribution in [0.3, 0.4) is 0 Å². The van der Waals surface area contributed by atoms with Crippen LogP contribution >= 0.6 is 0 Å². The Bertz CT molecular complexity index is 516. The van der Waals surface area contributed by atoms with Crippen molar-refractivity contribution >= 4 is 11.5 Å². The number of fused-ring (bicyclic) bond motifs is 1. The van der Waals surface area contributed by atoms with Gasteiger partial charge in [0, 0.05) is 11.7 Å². The third-order valence-corrected chi connectivity index (χ3v) is 2.31. The van der Waals surface area contributed by atoms with E-state index in [-0.39, 0.29) is 5.97 Å². The largest absolute Gasteiger partial charge is 0.482 e. The maximum atomic E-state index is 11.5. The second kappa shape index (κ2) is 4.26. The molecule has 4 heteroatoms. The fourth-order valence-electron chi connectivity index (χ4n) is 1.60. The van der Waals surface area contributed by atoms with Crippen LogP contribution in [0.15, 0.2) is 30.5 Å². The Kier molecular flexibility index (Phi) is 2.81. The predicted octanol–water partition coefficient (Wildman–Crippen LogP) is 2.12. The summed E-state index contributed by atoms with van der Waals surface area (Å²) in [6, 6.07) is 7.40. The number of pyridine rings is 1. The van der Waals surface area contributed by atoms with Crippen molar-refractivity contribution in [3.8, 4) is 5.88 Å². The number of aromatic nitrogens is 1. The summed E-state index contributed by atoms with van der Waals surface area (Å²) >= 11 is 0. The maximum absolute atomic E-state index is 11.5. The lowest BCUT2D eigenvalue weighted by atomic mass is 10.3. The number of hydrogen-bond donors (Lipinski definition) is 0. The molecule has 0 bridgehead atoms. The molecule has 2 rings (SSSR count). The molecule has 16 heavy (non-hydrogen) atoms. The van der Waals surface area contributed by atoms with E-state index in [9.17, 15) is 4.79 Å². The molecule has 0 spiro atoms. The van der Waals surface area contributed by atoms with Crippen molar-refractivity contribution in [1.82, 2.24) is 4.40 Å². The smallest absolute Gasteiger partial charge is 0.339 e. The molecule has 0 atom stereocenters. The number of methoxy groups -OCH3 is 1. The van der Waals surface area contributed by atoms with Crippen LogP contribution in [0.5, 0.6) is 5.88 Å². The van der Waals surface area contributed by atoms with Crippen molar-refractivity contribution in [2.75, 3.05) is 13.7 Å². The third-order valence-electron chi connectivity index (χ3n) is 2.31. The van der Waals surface area contributed by atoms with Gasteiger partial charge in [-0.2, -0.15) is 0 Å². The van der Waals surface area contributed by atoms with Crippen molar-refractivity contribution in [2.45, 2.75) is 6.92 Å². The van der Waals surface area contributed by atoms with Gasteiger partial charge in [-0.05, 0) is 25.1 Å². The Morgan fingerprint density at radius 3 is 2.94 bits per heavy atom. The summed E-state index contributed by atoms with van der Waals surface area (Å²) in [4.78, 5) is 11.5. The summed E-state index contributed by atoms with van der Waals surface area (Å²) in [5.74, 6) is 0.376. The van der Waals surface area contributed by atoms with Gasteiger partial charge < -0.3 is 9.47 Å². The second-order valence-corrected chi connectivity index (χ2v) is 3.31. The summed E-state index contributed by atoms with van der Waals surface area (Å²) in [7, 11) is 1.60. The summed E-state index contributed by atoms with van der Waals surface area (Å²) in [6.07, 6.45) is 1.71. The molecule has 84 valence electrons. The number of ether oxygens (including phenoxy) is 2. The first-order valence-corrected chi connectivity index (χ1v) is 5.08. The molecule has 0 amide bonds. The van der Waals surface area contributed by atoms with E-state index < -0.39 is 0 Å². The average molecular weight is 219 g/mol. The second-order valence-electron chi connectivity index (χ2n) is 3.31. The molecule has 0 fully saturated rings. The molecule has 0 radical (unpaired) electrons. The van der Waals surface area contributed by atoms with Crippen molar-refractivity contribution in [3.63, 3.8) is 0 Å². The minimum atomic E-state index is -0.312. The zero-order valence-electron chi connectivity index (χ0n) is 9.27. The number of carbonyl (C=O) groups is 1. The highest BCUT2D eigenvalue weighted by atomic mass is 16.5. The normalized spacial score (nSPS) is 10.4. The molecule has 0 aliphatic rings. The van der Waals surface area contributed by atoms with E-state index in [2.05, 4.69) is 0 Å². The molecule has 2 aromatic heterocycles. The van der Waals surface area contributed by atoms with Gasteiger partial charge in [0.2, 0.25) is 0 Å². The first-order chi connectivity index (χ1) is 7.76. The number of esters is 1. The number of carbonyl (C=O) groups excluding carboxylic acids is 1. The lowest BCUT2D eigenvalue weighted by Gasteiger charge is -2.02. The zero-order chi connectivity index (χ0) is 11.5. The van der Waals surface area contributed by atoms with Gasteiger partial charge in [-0.25, -0.2) is 4.79 Å². The van der Waals surface area contributed by atoms with Crippen molar-refractivity contribution in [2.24, 2.45) is 0 Å². The minimum Gasteiger partial charge on any atom is -0.482 e. The van der Waals surface area contributed by atoms with Gasteiger partial charge in [-0.3, -0.25) is 4.40 Å². The molecule has 0 aliphatic heterocycles. The van der Waals surface area contributed by atoms with Crippen LogP contribution in [0.4, 0.5) is 0 Å². The topological polar surface area (TPSA) is 39.9 Å². The van der Waals surface area contributed by atoms with E-state index in [1.807, 2.05) is 22.6 Å². The summed E-state index contributed by atoms with van der Waals surface area (Å²) < 4.78 is 11.9. The average Bonchev–Trinajstić information content (AvgIpc) is 2.72. The van der Waals surface area contributed by atoms with Crippen LogP contribution in [0.25, 0.3) is 5.52 Å². The molecule has 0 aliphatic carbocycles. The first-order valence-electron chi connectivity index (χ1n) is 5.08. The van der Waals surface area contributed by atoms with Gasteiger partial charge in [0.1, 0.15) is 0 Å². The van der Waals surface area contributed by atoms with E-state index in [1.165, 1.54) is 0 Å². The molecule has 0 saturated carbocycles. The predicted molar refractivity (Wildman–Crippen MR) is 59.9 cm³/mol. The zero-order valence-corrected chi connectivity index (χ0v) is 9.27. The quantitative estimate of drug-likeness (QED) is 0.742. The number of nitrogens with zero attached hydrogens (tertiary/aromatic N) is 1. The van der Waals surface area contributed by atoms with Crippen LogP contribution in [0, 0.1) is 0 Å². The first kappa shape index (κ1) is 10.5. The van der Waals surface area contributed by atoms with Crippen molar-refractivity contribution in [3.05, 3.63) is 36.0 Å². The van der Waals surface area contributed by atoms with E-state index in [0.29, 0.717) is 18.1 Å². The molecule has 4 nitrogen and oxygen atoms in total. The Morgan fingerprint density at radius 2 is 2.25 bits per heavy atom. The lowest BCUT2D eigenvalue weighted by molar-refractivity contribution is 0.0526. The highest BCUT2D eigenvalue weighted by molar-refractivity contribution is 5.91. The van der Waals surface area contributed by atoms with Crippen molar-refractivity contribution in [1.29, 1.82) is 0 Å². The molecule has 0 N–H and O–H groups in total. The van der Waals surface area contributed by atoms with E-state index in [1.54, 1.807) is 26.3 Å². The monoisotopic (exact) mass is 219 g/mol. The summed E-state index contributed by atoms with van der Waals surface area (Å²) in [5, 5.41) is 0. The summed E-state index contributed by atoms with van der Waals surface area (Å²) in [6.45, 7) is 2.16. The maximum Gasteiger partial charge on any atom is 0.339 e. The molecule has 0 saturated heterocycles. The van der Waals surface area contributed by atoms with Crippen LogP contribution in [0.2, 0.25) is 0 Å². The summed E-state index contributed by atoms with van der Waals surface area (Å²) in [5.41, 5.74) is 1.44. The van der Waals surface area contributed by atoms with Crippen LogP contribution in [0.1, 0.15) is 17.3 Å². The third kappa shape index (κ3) is 1.74. The molecular formula is C12H13NO3. The van der Waals surface area contributed by atoms with Crippen LogP contribution in [-0.4, -0.2) is 24.1 Å². The number of rotatable bonds is 3. The Balaban J connectivity index is 2.47. The van der Waals surface area contributed by atoms with Gasteiger partial charge in [0.05, 0.1) is 19.3 Å². The van der Waals surface area contributed by atoms with Gasteiger partial charge in [0.25, 0.3) is 0 Å². The molecule has 2 aromatic rings. The fourth-order valence-corrected chi connectivity index (χ4v) is 1.60. The van der Waals surface area contributed by atoms with Gasteiger partial charge in [-0.1, -0.05) is 6.07 Å². The minimum absolute atomic E-state index is 0.312. The molecule has 2 heterocycles. The van der Waals surface area contributed by atoms with Gasteiger partial charge in [-0.15, -0.1) is 0 Å². The fraction of sp³-hybridized carbons (Fsp3) is 0.250. The van der Waals surface area contributed by atoms with Gasteiger partial charge in [0.15, 0.2) is 5.88 Å². The van der Waals surface area contributed by atoms with E-state index in [0.717, 1.165) is 5.52 Å². The highest BCUT2D eigenvalue weighted by Crippen LogP contribution is 2.18. The Morgan fingerprint density at radius 1 is 1.44 bits per heavy atom. The lowest BCUT2D eigenvalue weighted by Crippen LogP contribution is -2.02. The van der Waals surface area contributed by atoms with Crippen molar-refractivity contribution < 1.29 is 14.3 Å². The molecule has 0 unspecified atom stereocenters. The highest BCUT2D eigenvalue weighted by Gasteiger charge is 2.10. The molecule has 0 aromatic carbocycles. The standard InChI is InChI=1S/C12H13NO3/c1-3-16-12(14)9-7-10-5-4-6-11(15-2)13(10)8-9/h4-8H,3H2,1-2H3. The van der Waals surface area contributed by atoms with Gasteiger partial charge >= 0.3 is 5.97 Å². The Labute approximate surface area is 93.4 Å².